The molecular formula is C13H17N3S. The van der Waals surface area contributed by atoms with Gasteiger partial charge in [0.1, 0.15) is 0 Å². The summed E-state index contributed by atoms with van der Waals surface area (Å²) in [7, 11) is 0. The van der Waals surface area contributed by atoms with Gasteiger partial charge < -0.3 is 10.6 Å². The number of anilines is 2. The second-order valence-electron chi connectivity index (χ2n) is 3.96. The topological polar surface area (TPSA) is 42.2 Å². The van der Waals surface area contributed by atoms with Gasteiger partial charge in [-0.1, -0.05) is 6.07 Å². The third kappa shape index (κ3) is 2.77. The monoisotopic (exact) mass is 247 g/mol. The Hall–Kier alpha value is -1.55. The van der Waals surface area contributed by atoms with E-state index in [1.807, 2.05) is 19.1 Å². The van der Waals surface area contributed by atoms with Gasteiger partial charge >= 0.3 is 0 Å². The van der Waals surface area contributed by atoms with Gasteiger partial charge in [0.25, 0.3) is 0 Å². The summed E-state index contributed by atoms with van der Waals surface area (Å²) in [6.07, 6.45) is 0. The molecule has 0 aliphatic rings. The van der Waals surface area contributed by atoms with Crippen LogP contribution in [0.15, 0.2) is 29.6 Å². The fourth-order valence-corrected chi connectivity index (χ4v) is 2.45. The first-order valence-corrected chi connectivity index (χ1v) is 6.59. The lowest BCUT2D eigenvalue weighted by Crippen LogP contribution is -2.23. The van der Waals surface area contributed by atoms with Crippen molar-refractivity contribution >= 4 is 22.8 Å². The lowest BCUT2D eigenvalue weighted by atomic mass is 10.3. The summed E-state index contributed by atoms with van der Waals surface area (Å²) in [6.45, 7) is 5.88. The van der Waals surface area contributed by atoms with Crippen LogP contribution in [0.25, 0.3) is 0 Å². The molecule has 0 saturated carbocycles. The van der Waals surface area contributed by atoms with E-state index in [1.54, 1.807) is 11.3 Å². The number of nitrogen functional groups attached to an aromatic ring is 1. The number of nitrogens with two attached hydrogens (primary N) is 1. The Morgan fingerprint density at radius 3 is 2.82 bits per heavy atom. The fraction of sp³-hybridized carbons (Fsp3) is 0.308. The molecule has 0 amide bonds. The molecular weight excluding hydrogens is 230 g/mol. The van der Waals surface area contributed by atoms with Crippen LogP contribution in [0.2, 0.25) is 0 Å². The van der Waals surface area contributed by atoms with E-state index in [-0.39, 0.29) is 0 Å². The number of thiophene rings is 1. The summed E-state index contributed by atoms with van der Waals surface area (Å²) in [5.74, 6) is 0.890. The molecule has 0 fully saturated rings. The highest BCUT2D eigenvalue weighted by atomic mass is 32.1. The average Bonchev–Trinajstić information content (AvgIpc) is 2.82. The van der Waals surface area contributed by atoms with Gasteiger partial charge in [0.05, 0.1) is 12.2 Å². The highest BCUT2D eigenvalue weighted by Crippen LogP contribution is 2.23. The van der Waals surface area contributed by atoms with E-state index in [0.29, 0.717) is 0 Å². The van der Waals surface area contributed by atoms with Crippen LogP contribution >= 0.6 is 11.3 Å². The summed E-state index contributed by atoms with van der Waals surface area (Å²) < 4.78 is 0. The van der Waals surface area contributed by atoms with Gasteiger partial charge in [-0.3, -0.25) is 0 Å². The Kier molecular flexibility index (Phi) is 3.64. The second-order valence-corrected chi connectivity index (χ2v) is 4.99. The Bertz CT molecular complexity index is 479. The van der Waals surface area contributed by atoms with Crippen molar-refractivity contribution in [1.29, 1.82) is 0 Å². The van der Waals surface area contributed by atoms with Crippen molar-refractivity contribution < 1.29 is 0 Å². The minimum absolute atomic E-state index is 0.744. The summed E-state index contributed by atoms with van der Waals surface area (Å²) in [6, 6.07) is 8.08. The predicted octanol–water partition coefficient (Wildman–Crippen LogP) is 3.06. The van der Waals surface area contributed by atoms with Crippen LogP contribution in [-0.4, -0.2) is 11.5 Å². The van der Waals surface area contributed by atoms with E-state index >= 15 is 0 Å². The fourth-order valence-electron chi connectivity index (χ4n) is 1.73. The molecule has 2 aromatic rings. The summed E-state index contributed by atoms with van der Waals surface area (Å²) in [5.41, 5.74) is 7.74. The molecule has 0 aliphatic carbocycles. The number of aryl methyl sites for hydroxylation is 1. The lowest BCUT2D eigenvalue weighted by Gasteiger charge is -2.23. The molecule has 90 valence electrons. The molecule has 0 saturated heterocycles. The maximum Gasteiger partial charge on any atom is 0.152 e. The first-order chi connectivity index (χ1) is 8.20. The predicted molar refractivity (Wildman–Crippen MR) is 74.4 cm³/mol. The molecule has 4 heteroatoms. The highest BCUT2D eigenvalue weighted by molar-refractivity contribution is 7.09. The molecule has 0 aliphatic heterocycles. The van der Waals surface area contributed by atoms with Crippen molar-refractivity contribution in [2.24, 2.45) is 0 Å². The van der Waals surface area contributed by atoms with Crippen molar-refractivity contribution in [2.45, 2.75) is 20.4 Å². The Labute approximate surface area is 106 Å². The van der Waals surface area contributed by atoms with Crippen molar-refractivity contribution in [2.75, 3.05) is 17.2 Å². The van der Waals surface area contributed by atoms with Gasteiger partial charge in [0.2, 0.25) is 0 Å². The highest BCUT2D eigenvalue weighted by Gasteiger charge is 2.11. The van der Waals surface area contributed by atoms with E-state index in [1.165, 1.54) is 4.88 Å². The molecule has 2 aromatic heterocycles. The van der Waals surface area contributed by atoms with E-state index < -0.39 is 0 Å². The molecule has 0 atom stereocenters. The third-order valence-corrected chi connectivity index (χ3v) is 3.51. The molecule has 3 nitrogen and oxygen atoms in total. The van der Waals surface area contributed by atoms with Crippen molar-refractivity contribution in [3.63, 3.8) is 0 Å². The molecule has 0 unspecified atom stereocenters. The van der Waals surface area contributed by atoms with Crippen LogP contribution < -0.4 is 10.6 Å². The van der Waals surface area contributed by atoms with Gasteiger partial charge in [-0.05, 0) is 37.4 Å². The van der Waals surface area contributed by atoms with Gasteiger partial charge in [0, 0.05) is 17.1 Å². The maximum atomic E-state index is 5.99. The number of hydrogen-bond donors (Lipinski definition) is 1. The van der Waals surface area contributed by atoms with Crippen LogP contribution in [0.5, 0.6) is 0 Å². The summed E-state index contributed by atoms with van der Waals surface area (Å²) in [4.78, 5) is 8.06. The minimum Gasteiger partial charge on any atom is -0.396 e. The molecule has 2 heterocycles. The number of rotatable bonds is 4. The average molecular weight is 247 g/mol. The molecule has 17 heavy (non-hydrogen) atoms. The van der Waals surface area contributed by atoms with E-state index in [2.05, 4.69) is 34.3 Å². The summed E-state index contributed by atoms with van der Waals surface area (Å²) in [5, 5.41) is 2.09. The van der Waals surface area contributed by atoms with E-state index in [0.717, 1.165) is 30.3 Å². The molecule has 0 aromatic carbocycles. The maximum absolute atomic E-state index is 5.99. The number of pyridine rings is 1. The van der Waals surface area contributed by atoms with Gasteiger partial charge in [-0.25, -0.2) is 4.98 Å². The van der Waals surface area contributed by atoms with Gasteiger partial charge in [-0.2, -0.15) is 0 Å². The molecule has 0 spiro atoms. The van der Waals surface area contributed by atoms with Crippen LogP contribution in [0.4, 0.5) is 11.5 Å². The van der Waals surface area contributed by atoms with E-state index in [4.69, 9.17) is 5.73 Å². The molecule has 2 rings (SSSR count). The number of nitrogens with zero attached hydrogens (tertiary/aromatic N) is 2. The van der Waals surface area contributed by atoms with Crippen LogP contribution in [-0.2, 0) is 6.54 Å². The number of hydrogen-bond acceptors (Lipinski definition) is 4. The van der Waals surface area contributed by atoms with Crippen LogP contribution in [0, 0.1) is 6.92 Å². The first kappa shape index (κ1) is 11.9. The van der Waals surface area contributed by atoms with Crippen LogP contribution in [0.1, 0.15) is 17.5 Å². The van der Waals surface area contributed by atoms with Crippen LogP contribution in [0.3, 0.4) is 0 Å². The largest absolute Gasteiger partial charge is 0.396 e. The van der Waals surface area contributed by atoms with Crippen molar-refractivity contribution in [3.05, 3.63) is 40.2 Å². The standard InChI is InChI=1S/C13H17N3S/c1-3-16(9-11-5-4-8-17-11)13-12(14)7-6-10(2)15-13/h4-8H,3,9,14H2,1-2H3. The number of aromatic nitrogens is 1. The smallest absolute Gasteiger partial charge is 0.152 e. The normalized spacial score (nSPS) is 10.5. The molecule has 0 bridgehead atoms. The van der Waals surface area contributed by atoms with Gasteiger partial charge in [-0.15, -0.1) is 11.3 Å². The zero-order valence-electron chi connectivity index (χ0n) is 10.2. The van der Waals surface area contributed by atoms with Crippen molar-refractivity contribution in [1.82, 2.24) is 4.98 Å². The van der Waals surface area contributed by atoms with Gasteiger partial charge in [0.15, 0.2) is 5.82 Å². The lowest BCUT2D eigenvalue weighted by molar-refractivity contribution is 0.822. The SMILES string of the molecule is CCN(Cc1cccs1)c1nc(C)ccc1N. The Morgan fingerprint density at radius 1 is 1.35 bits per heavy atom. The first-order valence-electron chi connectivity index (χ1n) is 5.71. The summed E-state index contributed by atoms with van der Waals surface area (Å²) >= 11 is 1.76. The third-order valence-electron chi connectivity index (χ3n) is 2.65. The van der Waals surface area contributed by atoms with Crippen molar-refractivity contribution in [3.8, 4) is 0 Å². The molecule has 0 radical (unpaired) electrons. The Balaban J connectivity index is 2.25. The minimum atomic E-state index is 0.744. The quantitative estimate of drug-likeness (QED) is 0.903. The second kappa shape index (κ2) is 5.19. The molecule has 2 N–H and O–H groups in total. The van der Waals surface area contributed by atoms with E-state index in [9.17, 15) is 0 Å². The Morgan fingerprint density at radius 2 is 2.18 bits per heavy atom. The zero-order valence-corrected chi connectivity index (χ0v) is 11.0. The zero-order chi connectivity index (χ0) is 12.3.